The molecule has 7 rings (SSSR count). The largest absolute Gasteiger partial charge is 0.490 e. The number of nitrogens with zero attached hydrogens (tertiary/aromatic N) is 6. The number of phosphoric ester groups is 2. The number of halogens is 1. The summed E-state index contributed by atoms with van der Waals surface area (Å²) in [5, 5.41) is 43.2. The Morgan fingerprint density at radius 1 is 0.770 bits per heavy atom. The fourth-order valence-corrected chi connectivity index (χ4v) is 9.95. The molecule has 1 aromatic carbocycles. The summed E-state index contributed by atoms with van der Waals surface area (Å²) in [7, 11) is -17.5. The molecule has 29 nitrogen and oxygen atoms in total. The second kappa shape index (κ2) is 17.2. The number of imidazole rings is 2. The van der Waals surface area contributed by atoms with Crippen molar-refractivity contribution >= 4 is 69.3 Å². The molecule has 33 heteroatoms. The lowest BCUT2D eigenvalue weighted by Gasteiger charge is -2.21. The van der Waals surface area contributed by atoms with Crippen molar-refractivity contribution in [1.29, 1.82) is 0 Å². The number of nitrogens with one attached hydrogen (secondary N) is 2. The Kier molecular flexibility index (Phi) is 12.6. The monoisotopic (exact) mass is 943 g/mol. The highest BCUT2D eigenvalue weighted by Gasteiger charge is 2.50. The average molecular weight is 944 g/mol. The van der Waals surface area contributed by atoms with Gasteiger partial charge in [-0.05, 0) is 24.3 Å². The summed E-state index contributed by atoms with van der Waals surface area (Å²) in [4.78, 5) is 71.8. The number of anilines is 2. The molecule has 2 aliphatic heterocycles. The van der Waals surface area contributed by atoms with E-state index in [0.717, 1.165) is 15.5 Å². The third-order valence-electron chi connectivity index (χ3n) is 8.99. The van der Waals surface area contributed by atoms with Crippen LogP contribution < -0.4 is 31.9 Å². The highest BCUT2D eigenvalue weighted by atomic mass is 35.5. The Balaban J connectivity index is 0.952. The first-order valence-electron chi connectivity index (χ1n) is 17.3. The minimum Gasteiger partial charge on any atom is -0.489 e. The molecular weight excluding hydrogens is 909 g/mol. The number of phosphoric acid groups is 3. The first-order chi connectivity index (χ1) is 28.6. The topological polar surface area (TPSA) is 428 Å². The Bertz CT molecular complexity index is 2700. The van der Waals surface area contributed by atoms with Crippen LogP contribution in [-0.4, -0.2) is 126 Å². The fourth-order valence-electron chi connectivity index (χ4n) is 6.30. The van der Waals surface area contributed by atoms with Crippen LogP contribution in [0.4, 0.5) is 11.9 Å². The normalized spacial score (nSPS) is 27.3. The molecule has 0 radical (unpaired) electrons. The second-order valence-corrected chi connectivity index (χ2v) is 18.2. The van der Waals surface area contributed by atoms with E-state index in [1.165, 1.54) is 10.9 Å². The Morgan fingerprint density at radius 3 is 1.87 bits per heavy atom. The van der Waals surface area contributed by atoms with Crippen molar-refractivity contribution in [3.8, 4) is 5.75 Å². The second-order valence-electron chi connectivity index (χ2n) is 13.2. The molecule has 61 heavy (non-hydrogen) atoms. The van der Waals surface area contributed by atoms with Gasteiger partial charge in [0.05, 0.1) is 19.5 Å². The highest BCUT2D eigenvalue weighted by molar-refractivity contribution is 7.66. The van der Waals surface area contributed by atoms with Gasteiger partial charge in [-0.25, -0.2) is 23.2 Å². The summed E-state index contributed by atoms with van der Waals surface area (Å²) < 4.78 is 75.7. The summed E-state index contributed by atoms with van der Waals surface area (Å²) in [5.74, 6) is -0.164. The van der Waals surface area contributed by atoms with Gasteiger partial charge in [0, 0.05) is 5.02 Å². The number of hydrogen-bond donors (Lipinski definition) is 11. The maximum atomic E-state index is 12.9. The lowest BCUT2D eigenvalue weighted by Crippen LogP contribution is -2.39. The number of nitrogen functional groups attached to an aromatic ring is 2. The molecule has 0 saturated carbocycles. The highest BCUT2D eigenvalue weighted by Crippen LogP contribution is 2.68. The standard InChI is InChI=1S/C28H34ClN10O19P3/c29-11-1-3-12(4-2-11)52-6-5-37-10-39(22-16(37)24(45)36-28(31)34-22)26-20(43)18(41)14(56-26)8-54-60(48,49)58-61(50,51)57-59(46,47)53-7-13-17(40)19(42)25(55-13)38-9-32-15-21(38)33-27(30)35-23(15)44/h1-4,9-10,13-14,17-20,25-26,40-43H,5-8H2,(H8-,30,31,33,34,35,36,44,45,46,47,48,49,50,51)/p+1/t13-,14-,17-,18-,19-,20+,25-,26-/m1/s1. The summed E-state index contributed by atoms with van der Waals surface area (Å²) in [5.41, 5.74) is 9.37. The minimum absolute atomic E-state index is 0.0252. The predicted octanol–water partition coefficient (Wildman–Crippen LogP) is -2.35. The van der Waals surface area contributed by atoms with Gasteiger partial charge in [0.25, 0.3) is 16.7 Å². The number of aromatic nitrogens is 8. The van der Waals surface area contributed by atoms with E-state index in [1.54, 1.807) is 24.3 Å². The number of H-pyrrole nitrogens is 2. The van der Waals surface area contributed by atoms with E-state index >= 15 is 0 Å². The van der Waals surface area contributed by atoms with Crippen molar-refractivity contribution in [2.45, 2.75) is 55.6 Å². The Hall–Kier alpha value is -4.22. The van der Waals surface area contributed by atoms with Crippen molar-refractivity contribution in [2.75, 3.05) is 31.3 Å². The van der Waals surface area contributed by atoms with Gasteiger partial charge in [0.2, 0.25) is 24.5 Å². The zero-order chi connectivity index (χ0) is 44.2. The molecule has 11 atom stereocenters. The number of fused-ring (bicyclic) bond motifs is 2. The van der Waals surface area contributed by atoms with E-state index in [4.69, 9.17) is 37.3 Å². The number of nitrogens with two attached hydrogens (primary N) is 2. The number of hydrogen-bond acceptors (Lipinski definition) is 21. The van der Waals surface area contributed by atoms with Gasteiger partial charge >= 0.3 is 29.0 Å². The number of aromatic amines is 2. The molecule has 2 fully saturated rings. The van der Waals surface area contributed by atoms with Crippen LogP contribution in [0.1, 0.15) is 12.5 Å². The van der Waals surface area contributed by atoms with Gasteiger partial charge in [-0.1, -0.05) is 11.6 Å². The van der Waals surface area contributed by atoms with Crippen molar-refractivity contribution in [3.63, 3.8) is 0 Å². The molecular formula is C28H35ClN10O19P3+. The zero-order valence-corrected chi connectivity index (χ0v) is 33.9. The van der Waals surface area contributed by atoms with Gasteiger partial charge in [0.15, 0.2) is 17.4 Å². The molecule has 13 N–H and O–H groups in total. The predicted molar refractivity (Wildman–Crippen MR) is 200 cm³/mol. The van der Waals surface area contributed by atoms with Crippen LogP contribution >= 0.6 is 35.1 Å². The summed E-state index contributed by atoms with van der Waals surface area (Å²) in [6.45, 7) is -2.16. The molecule has 2 saturated heterocycles. The van der Waals surface area contributed by atoms with Crippen LogP contribution in [0, 0.1) is 0 Å². The van der Waals surface area contributed by atoms with Crippen LogP contribution in [0.15, 0.2) is 46.5 Å². The number of aliphatic hydroxyl groups excluding tert-OH is 4. The van der Waals surface area contributed by atoms with Gasteiger partial charge in [0.1, 0.15) is 55.5 Å². The van der Waals surface area contributed by atoms with Crippen LogP contribution in [0.3, 0.4) is 0 Å². The lowest BCUT2D eigenvalue weighted by molar-refractivity contribution is -0.673. The van der Waals surface area contributed by atoms with Crippen LogP contribution in [0.2, 0.25) is 5.02 Å². The third-order valence-corrected chi connectivity index (χ3v) is 13.5. The maximum absolute atomic E-state index is 12.9. The van der Waals surface area contributed by atoms with E-state index in [2.05, 4.69) is 42.6 Å². The Labute approximate surface area is 343 Å². The zero-order valence-electron chi connectivity index (χ0n) is 30.5. The third kappa shape index (κ3) is 9.73. The first kappa shape index (κ1) is 44.8. The number of ether oxygens (including phenoxy) is 3. The Morgan fingerprint density at radius 2 is 1.30 bits per heavy atom. The molecule has 5 aromatic rings. The quantitative estimate of drug-likeness (QED) is 0.0364. The molecule has 0 spiro atoms. The molecule has 6 heterocycles. The SMILES string of the molecule is Nc1nc2c(ncn2[C@@H]2O[C@H](COP(=O)(O)OP(=O)(O)OP(=O)(O)OC[C@H]3O[C@@H](n4c[n+](CCOc5ccc(Cl)cc5)c5c(=O)[nH]c(N)nc54)[C@@H](O)[C@@H]3O)[C@@H](O)[C@H]2O)c(=O)[nH]1. The smallest absolute Gasteiger partial charge is 0.489 e. The fraction of sp³-hybridized carbons (Fsp3) is 0.429. The van der Waals surface area contributed by atoms with Crippen molar-refractivity contribution in [3.05, 3.63) is 62.7 Å². The molecule has 4 aromatic heterocycles. The minimum atomic E-state index is -6.05. The average Bonchev–Trinajstić information content (AvgIpc) is 3.89. The molecule has 0 amide bonds. The molecule has 3 unspecified atom stereocenters. The van der Waals surface area contributed by atoms with Crippen LogP contribution in [0.25, 0.3) is 22.3 Å². The van der Waals surface area contributed by atoms with Crippen molar-refractivity contribution in [1.82, 2.24) is 34.1 Å². The lowest BCUT2D eigenvalue weighted by atomic mass is 10.1. The van der Waals surface area contributed by atoms with Gasteiger partial charge in [-0.2, -0.15) is 23.2 Å². The van der Waals surface area contributed by atoms with E-state index < -0.39 is 96.9 Å². The van der Waals surface area contributed by atoms with Crippen LogP contribution in [-0.2, 0) is 47.4 Å². The van der Waals surface area contributed by atoms with Gasteiger partial charge in [-0.3, -0.25) is 33.2 Å². The van der Waals surface area contributed by atoms with Crippen LogP contribution in [0.5, 0.6) is 5.75 Å². The summed E-state index contributed by atoms with van der Waals surface area (Å²) >= 11 is 5.90. The molecule has 2 aliphatic rings. The van der Waals surface area contributed by atoms with E-state index in [0.29, 0.717) is 10.8 Å². The number of benzene rings is 1. The molecule has 0 bridgehead atoms. The molecule has 0 aliphatic carbocycles. The maximum Gasteiger partial charge on any atom is 0.490 e. The van der Waals surface area contributed by atoms with E-state index in [9.17, 15) is 58.4 Å². The van der Waals surface area contributed by atoms with Gasteiger partial charge in [-0.15, -0.1) is 0 Å². The molecule has 332 valence electrons. The van der Waals surface area contributed by atoms with Gasteiger partial charge < -0.3 is 60.8 Å². The number of rotatable bonds is 16. The van der Waals surface area contributed by atoms with Crippen molar-refractivity contribution in [2.24, 2.45) is 0 Å². The number of aliphatic hydroxyl groups is 4. The van der Waals surface area contributed by atoms with E-state index in [1.807, 2.05) is 0 Å². The van der Waals surface area contributed by atoms with E-state index in [-0.39, 0.29) is 47.4 Å². The summed E-state index contributed by atoms with van der Waals surface area (Å²) in [6.07, 6.45) is -11.3. The van der Waals surface area contributed by atoms with Crippen molar-refractivity contribution < 1.29 is 85.2 Å². The summed E-state index contributed by atoms with van der Waals surface area (Å²) in [6, 6.07) is 6.46. The first-order valence-corrected chi connectivity index (χ1v) is 22.1.